The topological polar surface area (TPSA) is 45.2 Å². The average Bonchev–Trinajstić information content (AvgIpc) is 2.94. The molecule has 1 aromatic carbocycles. The molecule has 0 spiro atoms. The highest BCUT2D eigenvalue weighted by molar-refractivity contribution is 9.10. The van der Waals surface area contributed by atoms with Crippen LogP contribution in [0.3, 0.4) is 0 Å². The molecule has 1 atom stereocenters. The highest BCUT2D eigenvalue weighted by Gasteiger charge is 2.27. The number of halogens is 1. The monoisotopic (exact) mass is 361 g/mol. The molecular weight excluding hydrogens is 342 g/mol. The third-order valence-electron chi connectivity index (χ3n) is 4.20. The van der Waals surface area contributed by atoms with E-state index in [1.54, 1.807) is 0 Å². The van der Waals surface area contributed by atoms with Crippen molar-refractivity contribution in [1.29, 1.82) is 0 Å². The summed E-state index contributed by atoms with van der Waals surface area (Å²) in [6.07, 6.45) is 1.07. The largest absolute Gasteiger partial charge is 0.338 e. The molecule has 1 saturated heterocycles. The molecule has 1 N–H and O–H groups in total. The van der Waals surface area contributed by atoms with E-state index in [1.165, 1.54) is 0 Å². The van der Waals surface area contributed by atoms with Crippen molar-refractivity contribution >= 4 is 32.7 Å². The van der Waals surface area contributed by atoms with E-state index in [0.29, 0.717) is 5.92 Å². The molecule has 1 aliphatic rings. The lowest BCUT2D eigenvalue weighted by Crippen LogP contribution is -2.30. The van der Waals surface area contributed by atoms with Crippen molar-refractivity contribution in [2.75, 3.05) is 26.7 Å². The van der Waals surface area contributed by atoms with Crippen LogP contribution in [0.5, 0.6) is 0 Å². The van der Waals surface area contributed by atoms with Gasteiger partial charge in [-0.3, -0.25) is 9.78 Å². The maximum absolute atomic E-state index is 12.9. The highest BCUT2D eigenvalue weighted by Crippen LogP contribution is 2.25. The number of carbonyl (C=O) groups excluding carboxylic acids is 1. The number of nitrogens with zero attached hydrogens (tertiary/aromatic N) is 2. The van der Waals surface area contributed by atoms with E-state index in [9.17, 15) is 4.79 Å². The molecule has 116 valence electrons. The maximum atomic E-state index is 12.9. The molecule has 1 amide bonds. The van der Waals surface area contributed by atoms with Crippen LogP contribution in [0.1, 0.15) is 22.5 Å². The van der Waals surface area contributed by atoms with Gasteiger partial charge in [-0.15, -0.1) is 0 Å². The molecule has 4 nitrogen and oxygen atoms in total. The number of amides is 1. The van der Waals surface area contributed by atoms with Crippen LogP contribution in [0.2, 0.25) is 0 Å². The van der Waals surface area contributed by atoms with Crippen LogP contribution in [0.4, 0.5) is 0 Å². The number of hydrogen-bond acceptors (Lipinski definition) is 3. The Labute approximate surface area is 139 Å². The molecule has 2 aromatic rings. The van der Waals surface area contributed by atoms with Crippen LogP contribution in [0, 0.1) is 12.8 Å². The SMILES string of the molecule is CNC[C@@H]1CCN(C(=O)c2cc(C)nc3cc(Br)ccc23)C1. The second-order valence-electron chi connectivity index (χ2n) is 5.94. The molecule has 0 bridgehead atoms. The molecule has 1 aromatic heterocycles. The fourth-order valence-corrected chi connectivity index (χ4v) is 3.50. The van der Waals surface area contributed by atoms with Gasteiger partial charge in [0.1, 0.15) is 0 Å². The summed E-state index contributed by atoms with van der Waals surface area (Å²) in [7, 11) is 1.96. The van der Waals surface area contributed by atoms with Crippen molar-refractivity contribution in [1.82, 2.24) is 15.2 Å². The number of fused-ring (bicyclic) bond motifs is 1. The van der Waals surface area contributed by atoms with Crippen LogP contribution in [-0.2, 0) is 0 Å². The van der Waals surface area contributed by atoms with Crippen molar-refractivity contribution < 1.29 is 4.79 Å². The summed E-state index contributed by atoms with van der Waals surface area (Å²) in [5.74, 6) is 0.675. The molecular formula is C17H20BrN3O. The number of aryl methyl sites for hydroxylation is 1. The summed E-state index contributed by atoms with van der Waals surface area (Å²) in [4.78, 5) is 19.4. The number of hydrogen-bond donors (Lipinski definition) is 1. The predicted molar refractivity (Wildman–Crippen MR) is 92.1 cm³/mol. The van der Waals surface area contributed by atoms with Gasteiger partial charge in [0.25, 0.3) is 5.91 Å². The molecule has 22 heavy (non-hydrogen) atoms. The van der Waals surface area contributed by atoms with E-state index in [4.69, 9.17) is 0 Å². The lowest BCUT2D eigenvalue weighted by atomic mass is 10.1. The van der Waals surface area contributed by atoms with Crippen molar-refractivity contribution in [2.45, 2.75) is 13.3 Å². The Balaban J connectivity index is 1.94. The van der Waals surface area contributed by atoms with Crippen molar-refractivity contribution in [3.8, 4) is 0 Å². The minimum Gasteiger partial charge on any atom is -0.338 e. The molecule has 0 radical (unpaired) electrons. The number of rotatable bonds is 3. The van der Waals surface area contributed by atoms with Gasteiger partial charge in [0.15, 0.2) is 0 Å². The van der Waals surface area contributed by atoms with Crippen LogP contribution >= 0.6 is 15.9 Å². The molecule has 0 unspecified atom stereocenters. The van der Waals surface area contributed by atoms with Gasteiger partial charge in [-0.05, 0) is 51.1 Å². The first-order valence-electron chi connectivity index (χ1n) is 7.59. The Morgan fingerprint density at radius 3 is 3.05 bits per heavy atom. The quantitative estimate of drug-likeness (QED) is 0.913. The van der Waals surface area contributed by atoms with E-state index in [0.717, 1.165) is 52.7 Å². The molecule has 3 rings (SSSR count). The number of likely N-dealkylation sites (tertiary alicyclic amines) is 1. The number of pyridine rings is 1. The van der Waals surface area contributed by atoms with Crippen molar-refractivity contribution in [2.24, 2.45) is 5.92 Å². The predicted octanol–water partition coefficient (Wildman–Crippen LogP) is 2.99. The lowest BCUT2D eigenvalue weighted by Gasteiger charge is -2.18. The van der Waals surface area contributed by atoms with Crippen molar-refractivity contribution in [3.63, 3.8) is 0 Å². The molecule has 0 aliphatic carbocycles. The summed E-state index contributed by atoms with van der Waals surface area (Å²) in [5, 5.41) is 4.13. The fraction of sp³-hybridized carbons (Fsp3) is 0.412. The van der Waals surface area contributed by atoms with Crippen LogP contribution in [0.25, 0.3) is 10.9 Å². The average molecular weight is 362 g/mol. The molecule has 0 saturated carbocycles. The van der Waals surface area contributed by atoms with Crippen LogP contribution in [-0.4, -0.2) is 42.5 Å². The van der Waals surface area contributed by atoms with Gasteiger partial charge in [0.2, 0.25) is 0 Å². The Kier molecular flexibility index (Phi) is 4.45. The van der Waals surface area contributed by atoms with Gasteiger partial charge < -0.3 is 10.2 Å². The van der Waals surface area contributed by atoms with E-state index < -0.39 is 0 Å². The normalized spacial score (nSPS) is 18.1. The molecule has 1 fully saturated rings. The van der Waals surface area contributed by atoms with Crippen LogP contribution in [0.15, 0.2) is 28.7 Å². The number of nitrogens with one attached hydrogen (secondary N) is 1. The molecule has 1 aliphatic heterocycles. The van der Waals surface area contributed by atoms with Crippen LogP contribution < -0.4 is 5.32 Å². The van der Waals surface area contributed by atoms with Gasteiger partial charge in [-0.2, -0.15) is 0 Å². The minimum absolute atomic E-state index is 0.122. The summed E-state index contributed by atoms with van der Waals surface area (Å²) < 4.78 is 0.978. The summed E-state index contributed by atoms with van der Waals surface area (Å²) in [5.41, 5.74) is 2.50. The van der Waals surface area contributed by atoms with E-state index in [1.807, 2.05) is 43.1 Å². The second-order valence-corrected chi connectivity index (χ2v) is 6.85. The van der Waals surface area contributed by atoms with E-state index in [-0.39, 0.29) is 5.91 Å². The summed E-state index contributed by atoms with van der Waals surface area (Å²) in [6, 6.07) is 7.81. The maximum Gasteiger partial charge on any atom is 0.254 e. The smallest absolute Gasteiger partial charge is 0.254 e. The first kappa shape index (κ1) is 15.4. The highest BCUT2D eigenvalue weighted by atomic mass is 79.9. The van der Waals surface area contributed by atoms with Crippen molar-refractivity contribution in [3.05, 3.63) is 40.0 Å². The summed E-state index contributed by atoms with van der Waals surface area (Å²) >= 11 is 3.47. The number of aromatic nitrogens is 1. The zero-order valence-corrected chi connectivity index (χ0v) is 14.5. The van der Waals surface area contributed by atoms with E-state index >= 15 is 0 Å². The molecule has 2 heterocycles. The van der Waals surface area contributed by atoms with E-state index in [2.05, 4.69) is 26.2 Å². The Hall–Kier alpha value is -1.46. The number of carbonyl (C=O) groups is 1. The summed E-state index contributed by atoms with van der Waals surface area (Å²) in [6.45, 7) is 4.57. The standard InChI is InChI=1S/C17H20BrN3O/c1-11-7-15(14-4-3-13(18)8-16(14)20-11)17(22)21-6-5-12(10-21)9-19-2/h3-4,7-8,12,19H,5-6,9-10H2,1-2H3/t12-/m0/s1. The minimum atomic E-state index is 0.122. The first-order chi connectivity index (χ1) is 10.6. The van der Waals surface area contributed by atoms with Gasteiger partial charge in [0, 0.05) is 28.6 Å². The third kappa shape index (κ3) is 3.01. The Morgan fingerprint density at radius 2 is 2.27 bits per heavy atom. The third-order valence-corrected chi connectivity index (χ3v) is 4.69. The molecule has 5 heteroatoms. The Bertz CT molecular complexity index is 711. The van der Waals surface area contributed by atoms with Gasteiger partial charge in [0.05, 0.1) is 11.1 Å². The zero-order valence-electron chi connectivity index (χ0n) is 12.9. The van der Waals surface area contributed by atoms with Gasteiger partial charge >= 0.3 is 0 Å². The zero-order chi connectivity index (χ0) is 15.7. The lowest BCUT2D eigenvalue weighted by molar-refractivity contribution is 0.0789. The fourth-order valence-electron chi connectivity index (χ4n) is 3.15. The first-order valence-corrected chi connectivity index (χ1v) is 8.38. The number of benzene rings is 1. The Morgan fingerprint density at radius 1 is 1.45 bits per heavy atom. The van der Waals surface area contributed by atoms with Gasteiger partial charge in [-0.25, -0.2) is 0 Å². The van der Waals surface area contributed by atoms with Gasteiger partial charge in [-0.1, -0.05) is 22.0 Å². The second kappa shape index (κ2) is 6.34.